The molecule has 0 bridgehead atoms. The Morgan fingerprint density at radius 2 is 0.833 bits per heavy atom. The summed E-state index contributed by atoms with van der Waals surface area (Å²) in [4.78, 5) is 36.3. The van der Waals surface area contributed by atoms with Gasteiger partial charge in [-0.2, -0.15) is 0 Å². The summed E-state index contributed by atoms with van der Waals surface area (Å²) in [6.45, 7) is -0.0467. The van der Waals surface area contributed by atoms with Gasteiger partial charge in [-0.15, -0.1) is 0 Å². The number of carbonyl (C=O) groups excluding carboxylic acids is 3. The van der Waals surface area contributed by atoms with Crippen LogP contribution < -0.4 is 21.7 Å². The molecular formula is C30H52N4O20. The van der Waals surface area contributed by atoms with E-state index in [1.54, 1.807) is 0 Å². The van der Waals surface area contributed by atoms with Crippen molar-refractivity contribution in [2.24, 2.45) is 5.73 Å². The van der Waals surface area contributed by atoms with Gasteiger partial charge in [0.15, 0.2) is 25.2 Å². The molecule has 312 valence electrons. The summed E-state index contributed by atoms with van der Waals surface area (Å²) in [6.07, 6.45) is -26.1. The summed E-state index contributed by atoms with van der Waals surface area (Å²) in [5, 5.41) is 112. The Morgan fingerprint density at radius 1 is 0.500 bits per heavy atom. The van der Waals surface area contributed by atoms with E-state index in [0.29, 0.717) is 0 Å². The van der Waals surface area contributed by atoms with E-state index in [4.69, 9.17) is 38.9 Å². The molecule has 0 spiro atoms. The summed E-state index contributed by atoms with van der Waals surface area (Å²) in [5.41, 5.74) is 5.98. The second-order valence-electron chi connectivity index (χ2n) is 13.4. The zero-order valence-electron chi connectivity index (χ0n) is 29.5. The van der Waals surface area contributed by atoms with Crippen LogP contribution in [-0.4, -0.2) is 218 Å². The van der Waals surface area contributed by atoms with Crippen LogP contribution in [0.25, 0.3) is 0 Å². The van der Waals surface area contributed by atoms with Gasteiger partial charge in [-0.1, -0.05) is 0 Å². The fourth-order valence-electron chi connectivity index (χ4n) is 6.81. The monoisotopic (exact) mass is 788 g/mol. The number of hydrogen-bond acceptors (Lipinski definition) is 21. The normalized spacial score (nSPS) is 45.7. The number of hydrogen-bond donors (Lipinski definition) is 14. The Balaban J connectivity index is 1.59. The van der Waals surface area contributed by atoms with Crippen molar-refractivity contribution in [3.8, 4) is 0 Å². The molecule has 4 heterocycles. The van der Waals surface area contributed by atoms with E-state index in [1.165, 1.54) is 0 Å². The molecule has 4 aliphatic heterocycles. The first kappa shape index (κ1) is 44.4. The van der Waals surface area contributed by atoms with Gasteiger partial charge in [0.1, 0.15) is 91.4 Å². The Hall–Kier alpha value is -2.31. The molecular weight excluding hydrogens is 736 g/mol. The molecule has 24 heteroatoms. The van der Waals surface area contributed by atoms with Gasteiger partial charge < -0.3 is 106 Å². The number of aliphatic hydroxyl groups is 10. The van der Waals surface area contributed by atoms with Gasteiger partial charge >= 0.3 is 0 Å². The molecule has 0 aliphatic carbocycles. The van der Waals surface area contributed by atoms with Crippen molar-refractivity contribution in [2.75, 3.05) is 26.4 Å². The molecule has 15 N–H and O–H groups in total. The lowest BCUT2D eigenvalue weighted by Gasteiger charge is -2.50. The first-order valence-corrected chi connectivity index (χ1v) is 17.1. The average molecular weight is 789 g/mol. The molecule has 0 aromatic carbocycles. The lowest BCUT2D eigenvalue weighted by molar-refractivity contribution is -0.361. The summed E-state index contributed by atoms with van der Waals surface area (Å²) < 4.78 is 40.3. The second-order valence-corrected chi connectivity index (χ2v) is 13.4. The van der Waals surface area contributed by atoms with Gasteiger partial charge in [0.2, 0.25) is 17.7 Å². The second kappa shape index (κ2) is 19.2. The summed E-state index contributed by atoms with van der Waals surface area (Å²) in [7, 11) is 0. The number of ether oxygens (including phenoxy) is 7. The third kappa shape index (κ3) is 9.79. The molecule has 4 rings (SSSR count). The predicted octanol–water partition coefficient (Wildman–Crippen LogP) is -9.35. The third-order valence-electron chi connectivity index (χ3n) is 9.49. The van der Waals surface area contributed by atoms with Crippen molar-refractivity contribution in [3.63, 3.8) is 0 Å². The minimum atomic E-state index is -1.87. The van der Waals surface area contributed by atoms with Crippen LogP contribution >= 0.6 is 0 Å². The number of rotatable bonds is 13. The van der Waals surface area contributed by atoms with Crippen LogP contribution in [-0.2, 0) is 47.5 Å². The minimum Gasteiger partial charge on any atom is -0.394 e. The number of aliphatic hydroxyl groups excluding tert-OH is 10. The van der Waals surface area contributed by atoms with Crippen molar-refractivity contribution in [3.05, 3.63) is 0 Å². The summed E-state index contributed by atoms with van der Waals surface area (Å²) in [6, 6.07) is -6.00. The maximum Gasteiger partial charge on any atom is 0.217 e. The zero-order chi connectivity index (χ0) is 40.2. The Labute approximate surface area is 308 Å². The molecule has 4 saturated heterocycles. The molecule has 11 unspecified atom stereocenters. The SMILES string of the molecule is CC(=O)NC1C(O)OC(CO)[C@@H](O[C@@H]2OC(CO)[C@H](O[C@H]3OC(CO)[C@@H](O[C@@H]4OC(CO)[C@H](O)[C@H](O)C4N)C(O)C3NC(C)=O)[C@H](O)C2NC(C)=O)C1O. The van der Waals surface area contributed by atoms with Gasteiger partial charge in [0.25, 0.3) is 0 Å². The van der Waals surface area contributed by atoms with Crippen LogP contribution in [0.5, 0.6) is 0 Å². The molecule has 0 radical (unpaired) electrons. The fourth-order valence-corrected chi connectivity index (χ4v) is 6.81. The highest BCUT2D eigenvalue weighted by Gasteiger charge is 2.56. The summed E-state index contributed by atoms with van der Waals surface area (Å²) in [5.74, 6) is -2.11. The molecule has 0 saturated carbocycles. The standard InChI is InChI=1S/C30H52N4O20/c1-8(39)32-16-21(44)24(12(5-36)48-27(16)47)53-29-18(34-10(3)41)23(46)26(14(7-38)51-29)54-30-17(33-9(2)40)22(45)25(13(6-37)50-30)52-28-15(31)20(43)19(42)11(4-35)49-28/h11-30,35-38,42-47H,4-7,31H2,1-3H3,(H,32,39)(H,33,40)(H,34,41)/t11?,12?,13?,14?,15?,16?,17?,18?,19-,20+,21?,22?,23+,24+,25+,26-,27?,28-,29-,30+/m0/s1. The maximum atomic E-state index is 12.3. The molecule has 4 fully saturated rings. The van der Waals surface area contributed by atoms with Crippen LogP contribution in [0.4, 0.5) is 0 Å². The molecule has 24 nitrogen and oxygen atoms in total. The Kier molecular flexibility index (Phi) is 15.8. The first-order valence-electron chi connectivity index (χ1n) is 17.1. The highest BCUT2D eigenvalue weighted by atomic mass is 16.8. The lowest BCUT2D eigenvalue weighted by Crippen LogP contribution is -2.71. The van der Waals surface area contributed by atoms with E-state index in [9.17, 15) is 65.4 Å². The van der Waals surface area contributed by atoms with Crippen molar-refractivity contribution in [2.45, 2.75) is 143 Å². The van der Waals surface area contributed by atoms with Crippen molar-refractivity contribution in [1.82, 2.24) is 16.0 Å². The smallest absolute Gasteiger partial charge is 0.217 e. The van der Waals surface area contributed by atoms with Crippen LogP contribution in [0.1, 0.15) is 20.8 Å². The molecule has 4 aliphatic rings. The highest BCUT2D eigenvalue weighted by molar-refractivity contribution is 5.74. The number of nitrogens with two attached hydrogens (primary N) is 1. The maximum absolute atomic E-state index is 12.3. The quantitative estimate of drug-likeness (QED) is 0.0824. The number of nitrogens with one attached hydrogen (secondary N) is 3. The van der Waals surface area contributed by atoms with Gasteiger partial charge in [0.05, 0.1) is 32.5 Å². The molecule has 54 heavy (non-hydrogen) atoms. The van der Waals surface area contributed by atoms with Crippen LogP contribution in [0.2, 0.25) is 0 Å². The summed E-state index contributed by atoms with van der Waals surface area (Å²) >= 11 is 0. The molecule has 20 atom stereocenters. The van der Waals surface area contributed by atoms with Crippen molar-refractivity contribution >= 4 is 17.7 Å². The first-order chi connectivity index (χ1) is 25.5. The molecule has 3 amide bonds. The lowest BCUT2D eigenvalue weighted by atomic mass is 9.93. The van der Waals surface area contributed by atoms with Crippen molar-refractivity contribution < 1.29 is 98.6 Å². The highest BCUT2D eigenvalue weighted by Crippen LogP contribution is 2.34. The topological polar surface area (TPSA) is 380 Å². The van der Waals surface area contributed by atoms with Gasteiger partial charge in [-0.25, -0.2) is 0 Å². The largest absolute Gasteiger partial charge is 0.394 e. The third-order valence-corrected chi connectivity index (χ3v) is 9.49. The molecule has 0 aromatic heterocycles. The van der Waals surface area contributed by atoms with Gasteiger partial charge in [-0.3, -0.25) is 14.4 Å². The Bertz CT molecular complexity index is 1260. The van der Waals surface area contributed by atoms with Crippen LogP contribution in [0, 0.1) is 0 Å². The van der Waals surface area contributed by atoms with Gasteiger partial charge in [0, 0.05) is 20.8 Å². The number of carbonyl (C=O) groups is 3. The van der Waals surface area contributed by atoms with Crippen molar-refractivity contribution in [1.29, 1.82) is 0 Å². The van der Waals surface area contributed by atoms with E-state index >= 15 is 0 Å². The van der Waals surface area contributed by atoms with E-state index in [1.807, 2.05) is 0 Å². The van der Waals surface area contributed by atoms with Crippen LogP contribution in [0.3, 0.4) is 0 Å². The van der Waals surface area contributed by atoms with Gasteiger partial charge in [-0.05, 0) is 0 Å². The van der Waals surface area contributed by atoms with E-state index < -0.39 is 167 Å². The number of amides is 3. The zero-order valence-corrected chi connectivity index (χ0v) is 29.5. The van der Waals surface area contributed by atoms with E-state index in [2.05, 4.69) is 16.0 Å². The van der Waals surface area contributed by atoms with E-state index in [0.717, 1.165) is 20.8 Å². The average Bonchev–Trinajstić information content (AvgIpc) is 3.12. The molecule has 0 aromatic rings. The predicted molar refractivity (Wildman–Crippen MR) is 171 cm³/mol. The Morgan fingerprint density at radius 3 is 1.22 bits per heavy atom. The fraction of sp³-hybridized carbons (Fsp3) is 0.900. The minimum absolute atomic E-state index is 0.655. The van der Waals surface area contributed by atoms with E-state index in [-0.39, 0.29) is 0 Å². The van der Waals surface area contributed by atoms with Crippen LogP contribution in [0.15, 0.2) is 0 Å².